The molecule has 0 aliphatic carbocycles. The largest absolute Gasteiger partial charge is 0.456 e. The third kappa shape index (κ3) is 12.7. The highest BCUT2D eigenvalue weighted by molar-refractivity contribution is 7.26. The number of para-hydroxylation sites is 6. The second kappa shape index (κ2) is 29.8. The molecule has 8 aromatic heterocycles. The van der Waals surface area contributed by atoms with Gasteiger partial charge in [-0.2, -0.15) is 0 Å². The van der Waals surface area contributed by atoms with Crippen LogP contribution in [0.3, 0.4) is 0 Å². The SMILES string of the molecule is c1ccc(-c2nc(-c3cc(-c4ccc5oc6ccccc6c5c4)cc(-c4ccc5oc6ccccc6c5c4)c3)cc(-c3cccc(-c4cccc5c4sc4ccccc45)c3)n2)cc1.c1ccc(-c2nc(-c3cccc(-c4ccc5sc6ccccc6c5c4)c3)cc(-c3cc(-c4cccc5c4oc4ccccc45)cc(-c4cccc5c4oc4ccccc45)c3)n2)cc1. The van der Waals surface area contributed by atoms with E-state index in [1.807, 2.05) is 108 Å². The van der Waals surface area contributed by atoms with Gasteiger partial charge in [-0.05, 0) is 189 Å². The van der Waals surface area contributed by atoms with Crippen molar-refractivity contribution in [3.63, 3.8) is 0 Å². The van der Waals surface area contributed by atoms with E-state index in [-0.39, 0.29) is 0 Å². The number of rotatable bonds is 12. The van der Waals surface area contributed by atoms with Gasteiger partial charge in [0.15, 0.2) is 11.6 Å². The van der Waals surface area contributed by atoms with Crippen molar-refractivity contribution in [2.24, 2.45) is 0 Å². The highest BCUT2D eigenvalue weighted by atomic mass is 32.1. The maximum Gasteiger partial charge on any atom is 0.160 e. The molecule has 18 aromatic carbocycles. The lowest BCUT2D eigenvalue weighted by molar-refractivity contribution is 0.668. The molecule has 0 amide bonds. The van der Waals surface area contributed by atoms with Gasteiger partial charge >= 0.3 is 0 Å². The fraction of sp³-hybridized carbons (Fsp3) is 0. The molecule has 588 valence electrons. The molecule has 0 unspecified atom stereocenters. The maximum absolute atomic E-state index is 6.64. The predicted molar refractivity (Wildman–Crippen MR) is 524 cm³/mol. The molecule has 26 rings (SSSR count). The summed E-state index contributed by atoms with van der Waals surface area (Å²) in [7, 11) is 0. The first-order valence-electron chi connectivity index (χ1n) is 42.2. The Morgan fingerprint density at radius 1 is 0.159 bits per heavy atom. The number of fused-ring (bicyclic) bond motifs is 18. The van der Waals surface area contributed by atoms with E-state index in [0.29, 0.717) is 11.6 Å². The number of benzene rings is 18. The van der Waals surface area contributed by atoms with Crippen molar-refractivity contribution in [2.45, 2.75) is 0 Å². The minimum Gasteiger partial charge on any atom is -0.456 e. The van der Waals surface area contributed by atoms with Crippen molar-refractivity contribution < 1.29 is 17.7 Å². The lowest BCUT2D eigenvalue weighted by atomic mass is 9.93. The summed E-state index contributed by atoms with van der Waals surface area (Å²) < 4.78 is 31.0. The molecular weight excluding hydrogens is 1580 g/mol. The van der Waals surface area contributed by atoms with Crippen LogP contribution in [0.5, 0.6) is 0 Å². The van der Waals surface area contributed by atoms with Gasteiger partial charge in [-0.1, -0.05) is 279 Å². The predicted octanol–water partition coefficient (Wildman–Crippen LogP) is 33.3. The average Bonchev–Trinajstić information content (AvgIpc) is 1.79. The summed E-state index contributed by atoms with van der Waals surface area (Å²) >= 11 is 3.69. The van der Waals surface area contributed by atoms with Gasteiger partial charge < -0.3 is 17.7 Å². The molecule has 8 nitrogen and oxygen atoms in total. The summed E-state index contributed by atoms with van der Waals surface area (Å²) in [6.07, 6.45) is 0. The van der Waals surface area contributed by atoms with E-state index in [1.165, 1.54) is 51.5 Å². The van der Waals surface area contributed by atoms with E-state index in [4.69, 9.17) is 37.6 Å². The summed E-state index contributed by atoms with van der Waals surface area (Å²) in [4.78, 5) is 21.2. The standard InChI is InChI=1S/2C58H34N2O2S/c1-2-13-35(14-3-1)58-59-50(38-16-10-15-36(29-38)37-27-28-55-49(33-37)46-19-6-9-26-54(46)63-55)34-51(60-58)41-31-39(42-20-11-22-47-44-17-4-7-24-52(44)61-56(42)47)30-40(32-41)43-21-12-23-48-45-18-5-8-25-53(45)62-57(43)48;1-2-12-35(13-3-1)58-59-50(39-15-10-14-38(28-39)43-19-11-20-47-46-18-6-9-23-56(46)63-57(43)47)34-51(60-58)42-30-40(36-24-26-54-48(32-36)44-16-4-7-21-52(44)61-54)29-41(31-42)37-25-27-55-49(33-37)45-17-5-8-22-53(45)62-55/h2*1-34H. The molecule has 0 atom stereocenters. The second-order valence-electron chi connectivity index (χ2n) is 32.2. The van der Waals surface area contributed by atoms with Crippen molar-refractivity contribution >= 4 is 151 Å². The Balaban J connectivity index is 0.000000137. The van der Waals surface area contributed by atoms with Gasteiger partial charge in [-0.15, -0.1) is 22.7 Å². The number of nitrogens with zero attached hydrogens (tertiary/aromatic N) is 4. The van der Waals surface area contributed by atoms with Crippen LogP contribution in [0.2, 0.25) is 0 Å². The zero-order valence-corrected chi connectivity index (χ0v) is 69.1. The lowest BCUT2D eigenvalue weighted by Gasteiger charge is -2.14. The molecule has 0 saturated carbocycles. The van der Waals surface area contributed by atoms with Crippen LogP contribution in [0.15, 0.2) is 430 Å². The third-order valence-corrected chi connectivity index (χ3v) is 26.9. The van der Waals surface area contributed by atoms with Crippen molar-refractivity contribution in [3.05, 3.63) is 413 Å². The first-order valence-corrected chi connectivity index (χ1v) is 43.9. The summed E-state index contributed by atoms with van der Waals surface area (Å²) in [5, 5.41) is 13.9. The van der Waals surface area contributed by atoms with Crippen LogP contribution < -0.4 is 0 Å². The van der Waals surface area contributed by atoms with E-state index >= 15 is 0 Å². The normalized spacial score (nSPS) is 11.8. The number of furan rings is 4. The van der Waals surface area contributed by atoms with Crippen LogP contribution in [0.25, 0.3) is 263 Å². The maximum atomic E-state index is 6.64. The Bertz CT molecular complexity index is 8630. The monoisotopic (exact) mass is 1640 g/mol. The molecular formula is C116H68N4O4S2. The first-order chi connectivity index (χ1) is 62.3. The van der Waals surface area contributed by atoms with Gasteiger partial charge in [0.1, 0.15) is 44.7 Å². The molecule has 0 aliphatic heterocycles. The van der Waals surface area contributed by atoms with E-state index in [1.54, 1.807) is 0 Å². The number of aromatic nitrogens is 4. The molecule has 0 spiro atoms. The van der Waals surface area contributed by atoms with Gasteiger partial charge in [0.05, 0.1) is 22.8 Å². The Labute approximate surface area is 730 Å². The molecule has 0 bridgehead atoms. The minimum atomic E-state index is 0.658. The molecule has 0 saturated heterocycles. The summed E-state index contributed by atoms with van der Waals surface area (Å²) in [6, 6.07) is 145. The van der Waals surface area contributed by atoms with Crippen LogP contribution in [-0.2, 0) is 0 Å². The Morgan fingerprint density at radius 3 is 1.01 bits per heavy atom. The zero-order chi connectivity index (χ0) is 82.9. The van der Waals surface area contributed by atoms with Crippen LogP contribution in [0, 0.1) is 0 Å². The zero-order valence-electron chi connectivity index (χ0n) is 67.5. The van der Waals surface area contributed by atoms with E-state index in [9.17, 15) is 0 Å². The van der Waals surface area contributed by atoms with Gasteiger partial charge in [0, 0.05) is 128 Å². The van der Waals surface area contributed by atoms with Crippen LogP contribution in [0.4, 0.5) is 0 Å². The van der Waals surface area contributed by atoms with Crippen LogP contribution in [0.1, 0.15) is 0 Å². The lowest BCUT2D eigenvalue weighted by Crippen LogP contribution is -1.97. The molecule has 126 heavy (non-hydrogen) atoms. The fourth-order valence-electron chi connectivity index (χ4n) is 18.5. The number of hydrogen-bond acceptors (Lipinski definition) is 10. The molecule has 0 fully saturated rings. The Morgan fingerprint density at radius 2 is 0.476 bits per heavy atom. The van der Waals surface area contributed by atoms with E-state index < -0.39 is 0 Å². The van der Waals surface area contributed by atoms with Crippen molar-refractivity contribution in [1.82, 2.24) is 19.9 Å². The quantitative estimate of drug-likeness (QED) is 0.119. The van der Waals surface area contributed by atoms with Gasteiger partial charge in [0.2, 0.25) is 0 Å². The smallest absolute Gasteiger partial charge is 0.160 e. The molecule has 0 radical (unpaired) electrons. The van der Waals surface area contributed by atoms with Gasteiger partial charge in [-0.3, -0.25) is 0 Å². The molecule has 10 heteroatoms. The van der Waals surface area contributed by atoms with Gasteiger partial charge in [-0.25, -0.2) is 19.9 Å². The highest BCUT2D eigenvalue weighted by Gasteiger charge is 2.23. The fourth-order valence-corrected chi connectivity index (χ4v) is 20.8. The van der Waals surface area contributed by atoms with Crippen molar-refractivity contribution in [1.29, 1.82) is 0 Å². The van der Waals surface area contributed by atoms with Crippen molar-refractivity contribution in [2.75, 3.05) is 0 Å². The minimum absolute atomic E-state index is 0.658. The van der Waals surface area contributed by atoms with E-state index in [2.05, 4.69) is 328 Å². The average molecular weight is 1650 g/mol. The van der Waals surface area contributed by atoms with Crippen molar-refractivity contribution in [3.8, 4) is 135 Å². The molecule has 0 N–H and O–H groups in total. The summed E-state index contributed by atoms with van der Waals surface area (Å²) in [6.45, 7) is 0. The second-order valence-corrected chi connectivity index (χ2v) is 34.3. The summed E-state index contributed by atoms with van der Waals surface area (Å²) in [5.41, 5.74) is 29.2. The number of hydrogen-bond donors (Lipinski definition) is 0. The van der Waals surface area contributed by atoms with E-state index in [0.717, 1.165) is 200 Å². The van der Waals surface area contributed by atoms with Gasteiger partial charge in [0.25, 0.3) is 0 Å². The highest BCUT2D eigenvalue weighted by Crippen LogP contribution is 2.48. The van der Waals surface area contributed by atoms with Crippen LogP contribution >= 0.6 is 22.7 Å². The van der Waals surface area contributed by atoms with Crippen LogP contribution in [-0.4, -0.2) is 19.9 Å². The molecule has 0 aliphatic rings. The number of thiophene rings is 2. The topological polar surface area (TPSA) is 104 Å². The first kappa shape index (κ1) is 72.6. The summed E-state index contributed by atoms with van der Waals surface area (Å²) in [5.74, 6) is 1.33. The Kier molecular flexibility index (Phi) is 17.2. The molecule has 8 heterocycles. The third-order valence-electron chi connectivity index (χ3n) is 24.6. The Hall–Kier alpha value is -16.2. The molecule has 26 aromatic rings.